The van der Waals surface area contributed by atoms with Crippen LogP contribution in [0.4, 0.5) is 30.2 Å². The van der Waals surface area contributed by atoms with Crippen LogP contribution in [-0.4, -0.2) is 26.6 Å². The van der Waals surface area contributed by atoms with E-state index in [1.807, 2.05) is 0 Å². The number of fused-ring (bicyclic) bond motifs is 1. The van der Waals surface area contributed by atoms with Gasteiger partial charge in [0.15, 0.2) is 9.84 Å². The number of benzene rings is 2. The van der Waals surface area contributed by atoms with Crippen molar-refractivity contribution in [2.45, 2.75) is 16.8 Å². The lowest BCUT2D eigenvalue weighted by Crippen LogP contribution is -2.28. The highest BCUT2D eigenvalue weighted by Gasteiger charge is 2.32. The van der Waals surface area contributed by atoms with Crippen LogP contribution in [0.3, 0.4) is 0 Å². The summed E-state index contributed by atoms with van der Waals surface area (Å²) in [6.45, 7) is 7.75. The molecule has 0 fully saturated rings. The number of aromatic nitrogens is 1. The SMILES string of the molecule is [C-]#[N+]c1cc(C(F)(F)F)ccc1N1CCOc2cc(S(=O)(=O)Cc3ncco3)ccc21. The zero-order valence-electron chi connectivity index (χ0n) is 15.8. The smallest absolute Gasteiger partial charge is 0.415 e. The van der Waals surface area contributed by atoms with Gasteiger partial charge in [0.05, 0.1) is 29.9 Å². The Bertz CT molecular complexity index is 1270. The lowest BCUT2D eigenvalue weighted by atomic mass is 10.1. The topological polar surface area (TPSA) is 77.0 Å². The standard InChI is InChI=1S/C20H14F3N3O4S/c1-24-15-10-13(20(21,22)23)2-4-16(15)26-7-9-29-18-11-14(3-5-17(18)26)31(27,28)12-19-25-6-8-30-19/h2-6,8,10-11H,7,9,12H2. The van der Waals surface area contributed by atoms with Crippen molar-refractivity contribution in [2.24, 2.45) is 0 Å². The van der Waals surface area contributed by atoms with Crippen LogP contribution < -0.4 is 9.64 Å². The number of hydrogen-bond donors (Lipinski definition) is 0. The molecule has 3 aromatic rings. The monoisotopic (exact) mass is 449 g/mol. The fourth-order valence-corrected chi connectivity index (χ4v) is 4.43. The van der Waals surface area contributed by atoms with E-state index in [9.17, 15) is 21.6 Å². The van der Waals surface area contributed by atoms with Gasteiger partial charge in [-0.15, -0.1) is 0 Å². The van der Waals surface area contributed by atoms with Crippen molar-refractivity contribution in [1.29, 1.82) is 0 Å². The third-order valence-electron chi connectivity index (χ3n) is 4.66. The largest absolute Gasteiger partial charge is 0.489 e. The maximum Gasteiger partial charge on any atom is 0.415 e. The maximum absolute atomic E-state index is 13.0. The lowest BCUT2D eigenvalue weighted by Gasteiger charge is -2.32. The molecule has 2 aromatic carbocycles. The van der Waals surface area contributed by atoms with E-state index in [0.717, 1.165) is 12.1 Å². The van der Waals surface area contributed by atoms with Gasteiger partial charge in [0, 0.05) is 17.3 Å². The first-order chi connectivity index (χ1) is 14.7. The minimum Gasteiger partial charge on any atom is -0.489 e. The molecule has 0 bridgehead atoms. The Morgan fingerprint density at radius 2 is 1.94 bits per heavy atom. The van der Waals surface area contributed by atoms with Crippen molar-refractivity contribution in [3.8, 4) is 5.75 Å². The lowest BCUT2D eigenvalue weighted by molar-refractivity contribution is -0.137. The number of oxazole rings is 1. The van der Waals surface area contributed by atoms with Crippen LogP contribution in [0.2, 0.25) is 0 Å². The summed E-state index contributed by atoms with van der Waals surface area (Å²) < 4.78 is 74.9. The Hall–Kier alpha value is -3.52. The van der Waals surface area contributed by atoms with E-state index in [1.165, 1.54) is 36.7 Å². The molecule has 2 heterocycles. The molecule has 0 saturated heterocycles. The molecule has 31 heavy (non-hydrogen) atoms. The van der Waals surface area contributed by atoms with Crippen molar-refractivity contribution in [1.82, 2.24) is 4.98 Å². The normalized spacial score (nSPS) is 13.9. The highest BCUT2D eigenvalue weighted by molar-refractivity contribution is 7.90. The molecule has 4 rings (SSSR count). The van der Waals surface area contributed by atoms with Gasteiger partial charge in [-0.05, 0) is 24.3 Å². The van der Waals surface area contributed by atoms with Crippen LogP contribution in [0, 0.1) is 6.57 Å². The fourth-order valence-electron chi connectivity index (χ4n) is 3.23. The molecule has 0 spiro atoms. The van der Waals surface area contributed by atoms with Gasteiger partial charge in [0.25, 0.3) is 0 Å². The highest BCUT2D eigenvalue weighted by Crippen LogP contribution is 2.43. The van der Waals surface area contributed by atoms with E-state index >= 15 is 0 Å². The van der Waals surface area contributed by atoms with Gasteiger partial charge in [0.2, 0.25) is 11.6 Å². The van der Waals surface area contributed by atoms with Crippen LogP contribution in [0.25, 0.3) is 4.85 Å². The Morgan fingerprint density at radius 1 is 1.16 bits per heavy atom. The second-order valence-corrected chi connectivity index (χ2v) is 8.62. The van der Waals surface area contributed by atoms with E-state index < -0.39 is 27.3 Å². The van der Waals surface area contributed by atoms with E-state index in [1.54, 1.807) is 4.90 Å². The maximum atomic E-state index is 13.0. The number of sulfone groups is 1. The molecule has 1 aliphatic heterocycles. The zero-order chi connectivity index (χ0) is 22.2. The minimum atomic E-state index is -4.56. The van der Waals surface area contributed by atoms with Crippen LogP contribution in [0.1, 0.15) is 11.5 Å². The molecule has 160 valence electrons. The molecule has 0 unspecified atom stereocenters. The summed E-state index contributed by atoms with van der Waals surface area (Å²) in [5, 5.41) is 0. The third-order valence-corrected chi connectivity index (χ3v) is 6.26. The molecule has 11 heteroatoms. The fraction of sp³-hybridized carbons (Fsp3) is 0.200. The summed E-state index contributed by atoms with van der Waals surface area (Å²) in [6.07, 6.45) is -1.94. The summed E-state index contributed by atoms with van der Waals surface area (Å²) in [4.78, 5) is 8.69. The first-order valence-electron chi connectivity index (χ1n) is 8.93. The quantitative estimate of drug-likeness (QED) is 0.535. The van der Waals surface area contributed by atoms with Crippen molar-refractivity contribution < 1.29 is 30.7 Å². The predicted molar refractivity (Wildman–Crippen MR) is 104 cm³/mol. The number of nitrogens with zero attached hydrogens (tertiary/aromatic N) is 3. The molecule has 1 aliphatic rings. The van der Waals surface area contributed by atoms with Gasteiger partial charge in [-0.1, -0.05) is 6.07 Å². The first-order valence-corrected chi connectivity index (χ1v) is 10.6. The number of alkyl halides is 3. The molecule has 0 amide bonds. The molecule has 0 aliphatic carbocycles. The Labute approximate surface area is 175 Å². The average Bonchev–Trinajstić information content (AvgIpc) is 3.24. The van der Waals surface area contributed by atoms with Gasteiger partial charge >= 0.3 is 6.18 Å². The molecule has 1 aromatic heterocycles. The number of halogens is 3. The van der Waals surface area contributed by atoms with E-state index in [0.29, 0.717) is 5.69 Å². The highest BCUT2D eigenvalue weighted by atomic mass is 32.2. The second kappa shape index (κ2) is 7.63. The summed E-state index contributed by atoms with van der Waals surface area (Å²) in [5.41, 5.74) is -0.346. The Balaban J connectivity index is 1.71. The van der Waals surface area contributed by atoms with Gasteiger partial charge in [0.1, 0.15) is 24.4 Å². The number of ether oxygens (including phenoxy) is 1. The molecular formula is C20H14F3N3O4S. The summed E-state index contributed by atoms with van der Waals surface area (Å²) in [7, 11) is -3.76. The number of hydrogen-bond acceptors (Lipinski definition) is 6. The molecule has 0 atom stereocenters. The molecule has 7 nitrogen and oxygen atoms in total. The zero-order valence-corrected chi connectivity index (χ0v) is 16.6. The summed E-state index contributed by atoms with van der Waals surface area (Å²) >= 11 is 0. The van der Waals surface area contributed by atoms with E-state index in [2.05, 4.69) is 9.83 Å². The van der Waals surface area contributed by atoms with Crippen LogP contribution in [0.5, 0.6) is 5.75 Å². The summed E-state index contributed by atoms with van der Waals surface area (Å²) in [5.74, 6) is -0.134. The van der Waals surface area contributed by atoms with E-state index in [-0.39, 0.29) is 41.1 Å². The van der Waals surface area contributed by atoms with Crippen molar-refractivity contribution in [2.75, 3.05) is 18.1 Å². The van der Waals surface area contributed by atoms with Gasteiger partial charge < -0.3 is 14.1 Å². The second-order valence-electron chi connectivity index (χ2n) is 6.63. The predicted octanol–water partition coefficient (Wildman–Crippen LogP) is 4.75. The minimum absolute atomic E-state index is 0.0101. The molecule has 0 saturated carbocycles. The van der Waals surface area contributed by atoms with Crippen LogP contribution in [-0.2, 0) is 21.8 Å². The number of rotatable bonds is 4. The molecular weight excluding hydrogens is 435 g/mol. The summed E-state index contributed by atoms with van der Waals surface area (Å²) in [6, 6.07) is 7.17. The first kappa shape index (κ1) is 20.7. The van der Waals surface area contributed by atoms with Crippen LogP contribution in [0.15, 0.2) is 58.2 Å². The molecule has 0 radical (unpaired) electrons. The van der Waals surface area contributed by atoms with Crippen molar-refractivity contribution in [3.63, 3.8) is 0 Å². The van der Waals surface area contributed by atoms with Crippen molar-refractivity contribution >= 4 is 26.9 Å². The molecule has 0 N–H and O–H groups in total. The Morgan fingerprint density at radius 3 is 2.61 bits per heavy atom. The Kier molecular flexibility index (Phi) is 5.10. The third kappa shape index (κ3) is 4.06. The van der Waals surface area contributed by atoms with Gasteiger partial charge in [-0.3, -0.25) is 0 Å². The van der Waals surface area contributed by atoms with E-state index in [4.69, 9.17) is 15.7 Å². The van der Waals surface area contributed by atoms with Gasteiger partial charge in [-0.25, -0.2) is 18.2 Å². The van der Waals surface area contributed by atoms with Gasteiger partial charge in [-0.2, -0.15) is 13.2 Å². The van der Waals surface area contributed by atoms with Crippen LogP contribution >= 0.6 is 0 Å². The number of anilines is 2. The average molecular weight is 449 g/mol. The van der Waals surface area contributed by atoms with Crippen molar-refractivity contribution in [3.05, 3.63) is 71.7 Å².